The number of nitrogens with one attached hydrogen (secondary N) is 1. The molecular formula is C11H10Cl2N2O3. The first-order chi connectivity index (χ1) is 8.46. The minimum absolute atomic E-state index is 0.157. The molecule has 96 valence electrons. The third kappa shape index (κ3) is 2.73. The van der Waals surface area contributed by atoms with Crippen molar-refractivity contribution in [3.8, 4) is 0 Å². The molecule has 0 saturated heterocycles. The van der Waals surface area contributed by atoms with Crippen molar-refractivity contribution in [1.29, 1.82) is 0 Å². The van der Waals surface area contributed by atoms with E-state index in [4.69, 9.17) is 23.2 Å². The van der Waals surface area contributed by atoms with Gasteiger partial charge in [0.05, 0.1) is 10.5 Å². The molecule has 0 atom stereocenters. The molecule has 0 aliphatic heterocycles. The van der Waals surface area contributed by atoms with Gasteiger partial charge in [-0.1, -0.05) is 11.6 Å². The Labute approximate surface area is 113 Å². The van der Waals surface area contributed by atoms with Gasteiger partial charge in [0.15, 0.2) is 0 Å². The Hall–Kier alpha value is -1.33. The largest absolute Gasteiger partial charge is 0.345 e. The Morgan fingerprint density at radius 2 is 2.11 bits per heavy atom. The van der Waals surface area contributed by atoms with Gasteiger partial charge in [0, 0.05) is 28.6 Å². The number of non-ortho nitro benzene ring substituents is 1. The predicted molar refractivity (Wildman–Crippen MR) is 68.3 cm³/mol. The smallest absolute Gasteiger partial charge is 0.271 e. The lowest BCUT2D eigenvalue weighted by Crippen LogP contribution is -2.38. The molecule has 0 radical (unpaired) electrons. The molecule has 1 aliphatic rings. The summed E-state index contributed by atoms with van der Waals surface area (Å²) in [5, 5.41) is 13.6. The number of benzene rings is 1. The van der Waals surface area contributed by atoms with Crippen LogP contribution in [-0.2, 0) is 0 Å². The summed E-state index contributed by atoms with van der Waals surface area (Å²) < 4.78 is 0. The number of halogens is 2. The normalized spacial score (nSPS) is 16.1. The van der Waals surface area contributed by atoms with Crippen LogP contribution in [0.25, 0.3) is 0 Å². The second-order valence-corrected chi connectivity index (χ2v) is 5.03. The standard InChI is InChI=1S/C11H10Cl2N2O3/c12-6-11(1-2-11)14-10(16)7-3-8(13)5-9(4-7)15(17)18/h3-5H,1-2,6H2,(H,14,16). The fourth-order valence-corrected chi connectivity index (χ4v) is 2.13. The summed E-state index contributed by atoms with van der Waals surface area (Å²) in [4.78, 5) is 22.0. The van der Waals surface area contributed by atoms with Crippen molar-refractivity contribution in [1.82, 2.24) is 5.32 Å². The van der Waals surface area contributed by atoms with Crippen molar-refractivity contribution in [2.75, 3.05) is 5.88 Å². The topological polar surface area (TPSA) is 72.2 Å². The van der Waals surface area contributed by atoms with Crippen molar-refractivity contribution in [2.45, 2.75) is 18.4 Å². The molecule has 0 aromatic heterocycles. The number of carbonyl (C=O) groups is 1. The van der Waals surface area contributed by atoms with Crippen molar-refractivity contribution in [3.05, 3.63) is 38.9 Å². The van der Waals surface area contributed by atoms with Gasteiger partial charge in [-0.05, 0) is 18.9 Å². The van der Waals surface area contributed by atoms with Gasteiger partial charge in [-0.25, -0.2) is 0 Å². The van der Waals surface area contributed by atoms with Crippen LogP contribution in [0.1, 0.15) is 23.2 Å². The minimum atomic E-state index is -0.586. The first kappa shape index (κ1) is 13.1. The van der Waals surface area contributed by atoms with Crippen LogP contribution in [0, 0.1) is 10.1 Å². The average Bonchev–Trinajstić information content (AvgIpc) is 3.08. The van der Waals surface area contributed by atoms with E-state index in [2.05, 4.69) is 5.32 Å². The third-order valence-electron chi connectivity index (χ3n) is 2.84. The highest BCUT2D eigenvalue weighted by molar-refractivity contribution is 6.31. The summed E-state index contributed by atoms with van der Waals surface area (Å²) in [5.74, 6) is -0.0553. The monoisotopic (exact) mass is 288 g/mol. The fraction of sp³-hybridized carbons (Fsp3) is 0.364. The minimum Gasteiger partial charge on any atom is -0.345 e. The van der Waals surface area contributed by atoms with Gasteiger partial charge in [0.2, 0.25) is 0 Å². The van der Waals surface area contributed by atoms with Gasteiger partial charge < -0.3 is 5.32 Å². The molecule has 0 heterocycles. The molecule has 1 aromatic carbocycles. The van der Waals surface area contributed by atoms with E-state index < -0.39 is 10.8 Å². The van der Waals surface area contributed by atoms with Crippen LogP contribution in [0.5, 0.6) is 0 Å². The van der Waals surface area contributed by atoms with E-state index in [9.17, 15) is 14.9 Å². The van der Waals surface area contributed by atoms with Gasteiger partial charge in [-0.15, -0.1) is 11.6 Å². The molecule has 1 saturated carbocycles. The summed E-state index contributed by atoms with van der Waals surface area (Å²) in [6, 6.07) is 3.80. The maximum Gasteiger partial charge on any atom is 0.271 e. The molecule has 1 aromatic rings. The molecule has 18 heavy (non-hydrogen) atoms. The number of amides is 1. The number of nitrogens with zero attached hydrogens (tertiary/aromatic N) is 1. The first-order valence-electron chi connectivity index (χ1n) is 5.29. The van der Waals surface area contributed by atoms with E-state index in [-0.39, 0.29) is 21.8 Å². The summed E-state index contributed by atoms with van der Waals surface area (Å²) in [7, 11) is 0. The molecule has 7 heteroatoms. The van der Waals surface area contributed by atoms with E-state index in [1.54, 1.807) is 0 Å². The van der Waals surface area contributed by atoms with Gasteiger partial charge >= 0.3 is 0 Å². The highest BCUT2D eigenvalue weighted by Crippen LogP contribution is 2.36. The van der Waals surface area contributed by atoms with Crippen molar-refractivity contribution in [2.24, 2.45) is 0 Å². The maximum absolute atomic E-state index is 11.9. The van der Waals surface area contributed by atoms with Crippen molar-refractivity contribution < 1.29 is 9.72 Å². The van der Waals surface area contributed by atoms with Crippen LogP contribution >= 0.6 is 23.2 Å². The number of carbonyl (C=O) groups excluding carboxylic acids is 1. The lowest BCUT2D eigenvalue weighted by Gasteiger charge is -2.13. The maximum atomic E-state index is 11.9. The Kier molecular flexibility index (Phi) is 3.45. The Bertz CT molecular complexity index is 515. The first-order valence-corrected chi connectivity index (χ1v) is 6.20. The highest BCUT2D eigenvalue weighted by atomic mass is 35.5. The second-order valence-electron chi connectivity index (χ2n) is 4.32. The summed E-state index contributed by atoms with van der Waals surface area (Å²) in [5.41, 5.74) is -0.385. The number of hydrogen-bond acceptors (Lipinski definition) is 3. The predicted octanol–water partition coefficient (Wildman–Crippen LogP) is 2.75. The summed E-state index contributed by atoms with van der Waals surface area (Å²) in [6.45, 7) is 0. The van der Waals surface area contributed by atoms with Gasteiger partial charge in [-0.3, -0.25) is 14.9 Å². The zero-order chi connectivity index (χ0) is 13.3. The van der Waals surface area contributed by atoms with E-state index in [0.717, 1.165) is 12.8 Å². The van der Waals surface area contributed by atoms with Gasteiger partial charge in [0.25, 0.3) is 11.6 Å². The molecule has 1 fully saturated rings. The molecule has 1 amide bonds. The molecule has 2 rings (SSSR count). The van der Waals surface area contributed by atoms with Crippen LogP contribution in [0.15, 0.2) is 18.2 Å². The molecule has 1 aliphatic carbocycles. The molecule has 0 spiro atoms. The zero-order valence-electron chi connectivity index (χ0n) is 9.28. The number of hydrogen-bond donors (Lipinski definition) is 1. The SMILES string of the molecule is O=C(NC1(CCl)CC1)c1cc(Cl)cc([N+](=O)[O-])c1. The van der Waals surface area contributed by atoms with Crippen LogP contribution in [-0.4, -0.2) is 22.2 Å². The lowest BCUT2D eigenvalue weighted by molar-refractivity contribution is -0.384. The number of alkyl halides is 1. The second kappa shape index (κ2) is 4.74. The van der Waals surface area contributed by atoms with Gasteiger partial charge in [-0.2, -0.15) is 0 Å². The Balaban J connectivity index is 2.22. The van der Waals surface area contributed by atoms with Crippen LogP contribution in [0.3, 0.4) is 0 Å². The van der Waals surface area contributed by atoms with Gasteiger partial charge in [0.1, 0.15) is 0 Å². The average molecular weight is 289 g/mol. The molecule has 1 N–H and O–H groups in total. The third-order valence-corrected chi connectivity index (χ3v) is 3.57. The molecule has 5 nitrogen and oxygen atoms in total. The number of nitro groups is 1. The number of rotatable bonds is 4. The Morgan fingerprint density at radius 3 is 2.61 bits per heavy atom. The zero-order valence-corrected chi connectivity index (χ0v) is 10.8. The van der Waals surface area contributed by atoms with E-state index in [1.165, 1.54) is 18.2 Å². The lowest BCUT2D eigenvalue weighted by atomic mass is 10.1. The fourth-order valence-electron chi connectivity index (χ4n) is 1.57. The van der Waals surface area contributed by atoms with Crippen LogP contribution < -0.4 is 5.32 Å². The van der Waals surface area contributed by atoms with Crippen LogP contribution in [0.2, 0.25) is 5.02 Å². The van der Waals surface area contributed by atoms with Crippen molar-refractivity contribution >= 4 is 34.8 Å². The number of nitro benzene ring substituents is 1. The van der Waals surface area contributed by atoms with Crippen LogP contribution in [0.4, 0.5) is 5.69 Å². The molecular weight excluding hydrogens is 279 g/mol. The molecule has 0 unspecified atom stereocenters. The van der Waals surface area contributed by atoms with E-state index in [0.29, 0.717) is 5.88 Å². The van der Waals surface area contributed by atoms with Crippen molar-refractivity contribution in [3.63, 3.8) is 0 Å². The summed E-state index contributed by atoms with van der Waals surface area (Å²) >= 11 is 11.5. The quantitative estimate of drug-likeness (QED) is 0.526. The van der Waals surface area contributed by atoms with E-state index >= 15 is 0 Å². The highest BCUT2D eigenvalue weighted by Gasteiger charge is 2.43. The molecule has 0 bridgehead atoms. The Morgan fingerprint density at radius 1 is 1.44 bits per heavy atom. The van der Waals surface area contributed by atoms with E-state index in [1.807, 2.05) is 0 Å². The summed E-state index contributed by atoms with van der Waals surface area (Å²) in [6.07, 6.45) is 1.65.